The zero-order valence-electron chi connectivity index (χ0n) is 26.3. The number of ether oxygens (including phenoxy) is 4. The lowest BCUT2D eigenvalue weighted by Gasteiger charge is -2.31. The molecule has 1 atom stereocenters. The van der Waals surface area contributed by atoms with Crippen molar-refractivity contribution in [1.82, 2.24) is 4.90 Å². The SMILES string of the molecule is COc1ccc(CCN(CC(O)COc2ccc3c(c2)CCCN3S(=O)(=O)c2ccc(F)cc2)C(=O)OC(C)(C)C)cc1OC. The average molecular weight is 645 g/mol. The number of benzene rings is 3. The maximum Gasteiger partial charge on any atom is 0.410 e. The fourth-order valence-corrected chi connectivity index (χ4v) is 6.54. The molecule has 1 aliphatic rings. The molecule has 0 fully saturated rings. The van der Waals surface area contributed by atoms with Crippen molar-refractivity contribution in [3.8, 4) is 17.2 Å². The molecule has 0 saturated heterocycles. The summed E-state index contributed by atoms with van der Waals surface area (Å²) in [5, 5.41) is 10.9. The van der Waals surface area contributed by atoms with E-state index in [0.29, 0.717) is 48.7 Å². The van der Waals surface area contributed by atoms with Gasteiger partial charge in [0.2, 0.25) is 0 Å². The van der Waals surface area contributed by atoms with Gasteiger partial charge in [-0.1, -0.05) is 6.07 Å². The summed E-state index contributed by atoms with van der Waals surface area (Å²) in [4.78, 5) is 14.5. The number of aliphatic hydroxyl groups is 1. The van der Waals surface area contributed by atoms with Crippen LogP contribution in [-0.4, -0.2) is 76.7 Å². The number of halogens is 1. The van der Waals surface area contributed by atoms with E-state index in [4.69, 9.17) is 18.9 Å². The van der Waals surface area contributed by atoms with Gasteiger partial charge in [0.1, 0.15) is 29.9 Å². The topological polar surface area (TPSA) is 115 Å². The lowest BCUT2D eigenvalue weighted by atomic mass is 10.0. The summed E-state index contributed by atoms with van der Waals surface area (Å²) in [5.41, 5.74) is 1.51. The molecule has 45 heavy (non-hydrogen) atoms. The van der Waals surface area contributed by atoms with Crippen molar-refractivity contribution < 1.29 is 41.7 Å². The largest absolute Gasteiger partial charge is 0.493 e. The summed E-state index contributed by atoms with van der Waals surface area (Å²) in [6.07, 6.45) is 0.139. The van der Waals surface area contributed by atoms with Gasteiger partial charge in [0.05, 0.1) is 31.3 Å². The van der Waals surface area contributed by atoms with Crippen LogP contribution in [-0.2, 0) is 27.6 Å². The van der Waals surface area contributed by atoms with Crippen molar-refractivity contribution in [2.45, 2.75) is 56.6 Å². The van der Waals surface area contributed by atoms with E-state index in [1.807, 2.05) is 12.1 Å². The molecule has 1 N–H and O–H groups in total. The van der Waals surface area contributed by atoms with Crippen molar-refractivity contribution >= 4 is 21.8 Å². The van der Waals surface area contributed by atoms with Crippen LogP contribution in [0.1, 0.15) is 38.3 Å². The van der Waals surface area contributed by atoms with E-state index >= 15 is 0 Å². The normalized spacial score (nSPS) is 13.9. The Hall–Kier alpha value is -4.03. The first-order valence-electron chi connectivity index (χ1n) is 14.7. The number of methoxy groups -OCH3 is 2. The second-order valence-corrected chi connectivity index (χ2v) is 13.6. The number of anilines is 1. The molecule has 3 aromatic rings. The lowest BCUT2D eigenvalue weighted by Crippen LogP contribution is -2.43. The molecular formula is C33H41FN2O8S. The van der Waals surface area contributed by atoms with Crippen LogP contribution in [0.25, 0.3) is 0 Å². The molecule has 12 heteroatoms. The Morgan fingerprint density at radius 3 is 2.40 bits per heavy atom. The van der Waals surface area contributed by atoms with Gasteiger partial charge in [-0.3, -0.25) is 4.31 Å². The van der Waals surface area contributed by atoms with Gasteiger partial charge < -0.3 is 29.0 Å². The zero-order valence-corrected chi connectivity index (χ0v) is 27.1. The number of hydrogen-bond acceptors (Lipinski definition) is 8. The van der Waals surface area contributed by atoms with Gasteiger partial charge in [0.15, 0.2) is 11.5 Å². The first kappa shape index (κ1) is 33.9. The summed E-state index contributed by atoms with van der Waals surface area (Å²) < 4.78 is 63.5. The second kappa shape index (κ2) is 14.4. The highest BCUT2D eigenvalue weighted by atomic mass is 32.2. The molecule has 0 radical (unpaired) electrons. The molecule has 3 aromatic carbocycles. The Morgan fingerprint density at radius 1 is 1.02 bits per heavy atom. The third-order valence-electron chi connectivity index (χ3n) is 7.17. The molecular weight excluding hydrogens is 603 g/mol. The molecule has 0 bridgehead atoms. The minimum absolute atomic E-state index is 0.0147. The Kier molecular flexibility index (Phi) is 10.8. The van der Waals surface area contributed by atoms with E-state index in [2.05, 4.69) is 0 Å². The van der Waals surface area contributed by atoms with Crippen molar-refractivity contribution in [3.05, 3.63) is 77.6 Å². The number of rotatable bonds is 12. The highest BCUT2D eigenvalue weighted by Gasteiger charge is 2.30. The fourth-order valence-electron chi connectivity index (χ4n) is 5.00. The van der Waals surface area contributed by atoms with Gasteiger partial charge in [-0.05, 0) is 106 Å². The number of aryl methyl sites for hydroxylation is 1. The van der Waals surface area contributed by atoms with Crippen molar-refractivity contribution in [1.29, 1.82) is 0 Å². The van der Waals surface area contributed by atoms with E-state index in [1.54, 1.807) is 59.3 Å². The van der Waals surface area contributed by atoms with Crippen molar-refractivity contribution in [2.75, 3.05) is 44.8 Å². The predicted molar refractivity (Wildman–Crippen MR) is 168 cm³/mol. The van der Waals surface area contributed by atoms with Crippen LogP contribution in [0.4, 0.5) is 14.9 Å². The summed E-state index contributed by atoms with van der Waals surface area (Å²) in [6, 6.07) is 15.4. The Labute approximate surface area is 264 Å². The monoisotopic (exact) mass is 644 g/mol. The number of amides is 1. The van der Waals surface area contributed by atoms with Crippen LogP contribution < -0.4 is 18.5 Å². The molecule has 4 rings (SSSR count). The number of nitrogens with zero attached hydrogens (tertiary/aromatic N) is 2. The van der Waals surface area contributed by atoms with E-state index in [0.717, 1.165) is 23.3 Å². The quantitative estimate of drug-likeness (QED) is 0.286. The van der Waals surface area contributed by atoms with Gasteiger partial charge in [-0.25, -0.2) is 17.6 Å². The molecule has 1 amide bonds. The summed E-state index contributed by atoms with van der Waals surface area (Å²) >= 11 is 0. The highest BCUT2D eigenvalue weighted by molar-refractivity contribution is 7.92. The molecule has 1 heterocycles. The number of aliphatic hydroxyl groups excluding tert-OH is 1. The first-order valence-corrected chi connectivity index (χ1v) is 16.2. The highest BCUT2D eigenvalue weighted by Crippen LogP contribution is 2.34. The predicted octanol–water partition coefficient (Wildman–Crippen LogP) is 5.20. The first-order chi connectivity index (χ1) is 21.3. The van der Waals surface area contributed by atoms with Crippen LogP contribution in [0, 0.1) is 5.82 Å². The Bertz CT molecular complexity index is 1570. The molecule has 0 aromatic heterocycles. The Morgan fingerprint density at radius 2 is 1.73 bits per heavy atom. The second-order valence-electron chi connectivity index (χ2n) is 11.8. The number of carbonyl (C=O) groups is 1. The maximum atomic E-state index is 13.4. The van der Waals surface area contributed by atoms with Crippen LogP contribution in [0.5, 0.6) is 17.2 Å². The number of hydrogen-bond donors (Lipinski definition) is 1. The molecule has 0 spiro atoms. The van der Waals surface area contributed by atoms with E-state index in [1.165, 1.54) is 21.3 Å². The summed E-state index contributed by atoms with van der Waals surface area (Å²) in [6.45, 7) is 5.77. The van der Waals surface area contributed by atoms with Crippen molar-refractivity contribution in [3.63, 3.8) is 0 Å². The smallest absolute Gasteiger partial charge is 0.410 e. The van der Waals surface area contributed by atoms with Crippen LogP contribution >= 0.6 is 0 Å². The molecule has 1 unspecified atom stereocenters. The standard InChI is InChI=1S/C33H41FN2O8S/c1-33(2,3)44-32(38)35(18-16-23-8-15-30(41-4)31(19-23)42-5)21-26(37)22-43-27-11-14-29-24(20-27)7-6-17-36(29)45(39,40)28-12-9-25(34)10-13-28/h8-15,19-20,26,37H,6-7,16-18,21-22H2,1-5H3. The minimum atomic E-state index is -3.88. The van der Waals surface area contributed by atoms with Crippen LogP contribution in [0.2, 0.25) is 0 Å². The van der Waals surface area contributed by atoms with Gasteiger partial charge in [-0.15, -0.1) is 0 Å². The van der Waals surface area contributed by atoms with Crippen LogP contribution in [0.3, 0.4) is 0 Å². The van der Waals surface area contributed by atoms with Crippen LogP contribution in [0.15, 0.2) is 65.6 Å². The van der Waals surface area contributed by atoms with Gasteiger partial charge in [-0.2, -0.15) is 0 Å². The Balaban J connectivity index is 1.42. The molecule has 0 saturated carbocycles. The van der Waals surface area contributed by atoms with E-state index in [9.17, 15) is 22.7 Å². The van der Waals surface area contributed by atoms with Gasteiger partial charge in [0, 0.05) is 13.1 Å². The molecule has 10 nitrogen and oxygen atoms in total. The zero-order chi connectivity index (χ0) is 32.8. The van der Waals surface area contributed by atoms with Gasteiger partial charge in [0.25, 0.3) is 10.0 Å². The van der Waals surface area contributed by atoms with Crippen molar-refractivity contribution in [2.24, 2.45) is 0 Å². The van der Waals surface area contributed by atoms with E-state index < -0.39 is 33.6 Å². The lowest BCUT2D eigenvalue weighted by molar-refractivity contribution is 0.00944. The third-order valence-corrected chi connectivity index (χ3v) is 9.00. The molecule has 0 aliphatic carbocycles. The van der Waals surface area contributed by atoms with E-state index in [-0.39, 0.29) is 24.6 Å². The van der Waals surface area contributed by atoms with Gasteiger partial charge >= 0.3 is 6.09 Å². The fraction of sp³-hybridized carbons (Fsp3) is 0.424. The summed E-state index contributed by atoms with van der Waals surface area (Å²) in [7, 11) is -0.760. The maximum absolute atomic E-state index is 13.4. The number of sulfonamides is 1. The third kappa shape index (κ3) is 8.79. The number of carbonyl (C=O) groups excluding carboxylic acids is 1. The minimum Gasteiger partial charge on any atom is -0.493 e. The molecule has 244 valence electrons. The average Bonchev–Trinajstić information content (AvgIpc) is 3.00. The summed E-state index contributed by atoms with van der Waals surface area (Å²) in [5.74, 6) is 1.13. The number of fused-ring (bicyclic) bond motifs is 1. The molecule has 1 aliphatic heterocycles.